The second-order valence-electron chi connectivity index (χ2n) is 5.43. The highest BCUT2D eigenvalue weighted by Gasteiger charge is 2.28. The third-order valence-electron chi connectivity index (χ3n) is 3.68. The molecule has 0 N–H and O–H groups in total. The Hall–Kier alpha value is -3.47. The monoisotopic (exact) mass is 347 g/mol. The summed E-state index contributed by atoms with van der Waals surface area (Å²) in [6, 6.07) is 18.2. The van der Waals surface area contributed by atoms with Crippen molar-refractivity contribution >= 4 is 23.9 Å². The van der Waals surface area contributed by atoms with Crippen LogP contribution in [0.2, 0.25) is 0 Å². The predicted octanol–water partition coefficient (Wildman–Crippen LogP) is 4.25. The van der Waals surface area contributed by atoms with E-state index in [0.29, 0.717) is 5.56 Å². The number of hydrogen-bond acceptors (Lipinski definition) is 5. The zero-order valence-corrected chi connectivity index (χ0v) is 14.2. The summed E-state index contributed by atoms with van der Waals surface area (Å²) in [5, 5.41) is 3.77. The van der Waals surface area contributed by atoms with Crippen molar-refractivity contribution in [1.82, 2.24) is 5.16 Å². The van der Waals surface area contributed by atoms with Gasteiger partial charge in [-0.05, 0) is 18.6 Å². The van der Waals surface area contributed by atoms with Gasteiger partial charge in [-0.3, -0.25) is 4.79 Å². The maximum atomic E-state index is 12.9. The number of ketones is 1. The number of hydrogen-bond donors (Lipinski definition) is 0. The molecule has 2 aromatic carbocycles. The summed E-state index contributed by atoms with van der Waals surface area (Å²) >= 11 is 0. The molecule has 0 aliphatic heterocycles. The van der Waals surface area contributed by atoms with E-state index in [0.717, 1.165) is 5.56 Å². The van der Waals surface area contributed by atoms with Gasteiger partial charge in [0.25, 0.3) is 0 Å². The Balaban J connectivity index is 2.03. The molecule has 5 heteroatoms. The van der Waals surface area contributed by atoms with Crippen molar-refractivity contribution < 1.29 is 18.8 Å². The van der Waals surface area contributed by atoms with Gasteiger partial charge in [0.1, 0.15) is 5.56 Å². The molecule has 0 saturated carbocycles. The summed E-state index contributed by atoms with van der Waals surface area (Å²) in [5.41, 5.74) is 1.35. The molecule has 3 aromatic rings. The Bertz CT molecular complexity index is 927. The van der Waals surface area contributed by atoms with E-state index >= 15 is 0 Å². The lowest BCUT2D eigenvalue weighted by molar-refractivity contribution is 0.0512. The van der Waals surface area contributed by atoms with Crippen molar-refractivity contribution in [2.75, 3.05) is 6.61 Å². The molecule has 130 valence electrons. The molecule has 0 radical (unpaired) electrons. The van der Waals surface area contributed by atoms with E-state index in [4.69, 9.17) is 9.26 Å². The largest absolute Gasteiger partial charge is 0.461 e. The molecule has 0 aliphatic carbocycles. The Morgan fingerprint density at radius 2 is 1.65 bits per heavy atom. The minimum atomic E-state index is -0.685. The van der Waals surface area contributed by atoms with Crippen LogP contribution in [0.25, 0.3) is 12.2 Å². The first kappa shape index (κ1) is 17.4. The van der Waals surface area contributed by atoms with Crippen molar-refractivity contribution in [3.8, 4) is 0 Å². The molecule has 26 heavy (non-hydrogen) atoms. The van der Waals surface area contributed by atoms with Crippen molar-refractivity contribution in [3.63, 3.8) is 0 Å². The standard InChI is InChI=1S/C21H17NO4/c1-2-25-21(24)19-18(20(23)16-11-7-4-8-12-16)17(26-22-19)14-13-15-9-5-3-6-10-15/h3-14H,2H2,1H3/b14-13+. The minimum Gasteiger partial charge on any atom is -0.461 e. The second kappa shape index (κ2) is 8.07. The van der Waals surface area contributed by atoms with E-state index in [1.807, 2.05) is 36.4 Å². The van der Waals surface area contributed by atoms with E-state index in [1.54, 1.807) is 43.3 Å². The third kappa shape index (κ3) is 3.78. The topological polar surface area (TPSA) is 69.4 Å². The van der Waals surface area contributed by atoms with Crippen LogP contribution in [0, 0.1) is 0 Å². The van der Waals surface area contributed by atoms with Gasteiger partial charge in [-0.1, -0.05) is 71.9 Å². The van der Waals surface area contributed by atoms with E-state index in [1.165, 1.54) is 0 Å². The molecule has 0 atom stereocenters. The molecule has 0 bridgehead atoms. The van der Waals surface area contributed by atoms with Crippen molar-refractivity contribution in [3.05, 3.63) is 88.8 Å². The number of rotatable bonds is 6. The van der Waals surface area contributed by atoms with Crippen LogP contribution in [0.1, 0.15) is 44.7 Å². The highest BCUT2D eigenvalue weighted by atomic mass is 16.5. The van der Waals surface area contributed by atoms with Crippen molar-refractivity contribution in [2.45, 2.75) is 6.92 Å². The van der Waals surface area contributed by atoms with E-state index in [-0.39, 0.29) is 29.4 Å². The highest BCUT2D eigenvalue weighted by Crippen LogP contribution is 2.22. The first-order valence-electron chi connectivity index (χ1n) is 8.20. The Kier molecular flexibility index (Phi) is 5.39. The van der Waals surface area contributed by atoms with Crippen molar-refractivity contribution in [1.29, 1.82) is 0 Å². The van der Waals surface area contributed by atoms with Crippen LogP contribution < -0.4 is 0 Å². The van der Waals surface area contributed by atoms with Crippen LogP contribution in [-0.2, 0) is 4.74 Å². The number of esters is 1. The number of aromatic nitrogens is 1. The zero-order chi connectivity index (χ0) is 18.4. The average molecular weight is 347 g/mol. The average Bonchev–Trinajstić information content (AvgIpc) is 3.11. The fraction of sp³-hybridized carbons (Fsp3) is 0.0952. The van der Waals surface area contributed by atoms with Crippen molar-refractivity contribution in [2.24, 2.45) is 0 Å². The Labute approximate surface area is 150 Å². The van der Waals surface area contributed by atoms with E-state index in [9.17, 15) is 9.59 Å². The van der Waals surface area contributed by atoms with Crippen LogP contribution in [0.3, 0.4) is 0 Å². The maximum Gasteiger partial charge on any atom is 0.361 e. The lowest BCUT2D eigenvalue weighted by Crippen LogP contribution is -2.12. The minimum absolute atomic E-state index is 0.0989. The number of benzene rings is 2. The van der Waals surface area contributed by atoms with E-state index < -0.39 is 5.97 Å². The second-order valence-corrected chi connectivity index (χ2v) is 5.43. The van der Waals surface area contributed by atoms with Gasteiger partial charge in [-0.2, -0.15) is 0 Å². The van der Waals surface area contributed by atoms with Gasteiger partial charge in [-0.25, -0.2) is 4.79 Å². The number of carbonyl (C=O) groups excluding carboxylic acids is 2. The van der Waals surface area contributed by atoms with Crippen LogP contribution in [0.15, 0.2) is 65.2 Å². The highest BCUT2D eigenvalue weighted by molar-refractivity contribution is 6.15. The number of ether oxygens (including phenoxy) is 1. The van der Waals surface area contributed by atoms with Gasteiger partial charge in [0.05, 0.1) is 6.61 Å². The zero-order valence-electron chi connectivity index (χ0n) is 14.2. The molecule has 5 nitrogen and oxygen atoms in total. The summed E-state index contributed by atoms with van der Waals surface area (Å²) in [4.78, 5) is 25.1. The molecule has 1 heterocycles. The van der Waals surface area contributed by atoms with Crippen LogP contribution in [0.4, 0.5) is 0 Å². The van der Waals surface area contributed by atoms with Gasteiger partial charge in [0, 0.05) is 5.56 Å². The molecule has 0 fully saturated rings. The fourth-order valence-corrected chi connectivity index (χ4v) is 2.44. The fourth-order valence-electron chi connectivity index (χ4n) is 2.44. The number of carbonyl (C=O) groups is 2. The molecule has 0 aliphatic rings. The van der Waals surface area contributed by atoms with Gasteiger partial charge < -0.3 is 9.26 Å². The van der Waals surface area contributed by atoms with Gasteiger partial charge >= 0.3 is 5.97 Å². The SMILES string of the molecule is CCOC(=O)c1noc(/C=C/c2ccccc2)c1C(=O)c1ccccc1. The third-order valence-corrected chi connectivity index (χ3v) is 3.68. The van der Waals surface area contributed by atoms with Gasteiger partial charge in [-0.15, -0.1) is 0 Å². The molecule has 0 spiro atoms. The summed E-state index contributed by atoms with van der Waals surface area (Å²) in [6.07, 6.45) is 3.42. The molecule has 0 amide bonds. The lowest BCUT2D eigenvalue weighted by atomic mass is 10.0. The summed E-state index contributed by atoms with van der Waals surface area (Å²) in [5.74, 6) is -0.816. The molecule has 0 unspecified atom stereocenters. The first-order chi connectivity index (χ1) is 12.7. The molecule has 0 saturated heterocycles. The van der Waals surface area contributed by atoms with Crippen LogP contribution in [0.5, 0.6) is 0 Å². The Morgan fingerprint density at radius 1 is 1.00 bits per heavy atom. The molecular formula is C21H17NO4. The maximum absolute atomic E-state index is 12.9. The normalized spacial score (nSPS) is 10.8. The van der Waals surface area contributed by atoms with Gasteiger partial charge in [0.2, 0.25) is 5.69 Å². The van der Waals surface area contributed by atoms with E-state index in [2.05, 4.69) is 5.16 Å². The number of nitrogens with zero attached hydrogens (tertiary/aromatic N) is 1. The smallest absolute Gasteiger partial charge is 0.361 e. The first-order valence-corrected chi connectivity index (χ1v) is 8.20. The molecule has 1 aromatic heterocycles. The molecular weight excluding hydrogens is 330 g/mol. The summed E-state index contributed by atoms with van der Waals surface area (Å²) in [6.45, 7) is 1.87. The summed E-state index contributed by atoms with van der Waals surface area (Å²) < 4.78 is 10.3. The molecule has 3 rings (SSSR count). The summed E-state index contributed by atoms with van der Waals surface area (Å²) in [7, 11) is 0. The quantitative estimate of drug-likeness (QED) is 0.492. The van der Waals surface area contributed by atoms with Crippen LogP contribution >= 0.6 is 0 Å². The van der Waals surface area contributed by atoms with Gasteiger partial charge in [0.15, 0.2) is 11.5 Å². The Morgan fingerprint density at radius 3 is 2.31 bits per heavy atom. The van der Waals surface area contributed by atoms with Crippen LogP contribution in [-0.4, -0.2) is 23.5 Å². The predicted molar refractivity (Wildman–Crippen MR) is 97.7 cm³/mol. The lowest BCUT2D eigenvalue weighted by Gasteiger charge is -2.02.